The van der Waals surface area contributed by atoms with Crippen molar-refractivity contribution in [1.29, 1.82) is 0 Å². The Hall–Kier alpha value is -1.59. The van der Waals surface area contributed by atoms with Crippen molar-refractivity contribution in [2.45, 2.75) is 26.2 Å². The number of nitrogens with one attached hydrogen (secondary N) is 2. The van der Waals surface area contributed by atoms with Gasteiger partial charge in [0.25, 0.3) is 0 Å². The van der Waals surface area contributed by atoms with Crippen LogP contribution < -0.4 is 10.6 Å². The number of nitrogens with zero attached hydrogens (tertiary/aromatic N) is 1. The van der Waals surface area contributed by atoms with Gasteiger partial charge in [-0.2, -0.15) is 0 Å². The van der Waals surface area contributed by atoms with Gasteiger partial charge in [0, 0.05) is 38.8 Å². The molecular weight excluding hydrogens is 290 g/mol. The van der Waals surface area contributed by atoms with Crippen molar-refractivity contribution in [3.05, 3.63) is 35.4 Å². The van der Waals surface area contributed by atoms with Gasteiger partial charge < -0.3 is 20.5 Å². The molecule has 1 fully saturated rings. The molecule has 0 saturated carbocycles. The number of rotatable bonds is 7. The van der Waals surface area contributed by atoms with Gasteiger partial charge in [-0.05, 0) is 37.3 Å². The molecule has 5 heteroatoms. The van der Waals surface area contributed by atoms with Crippen LogP contribution in [0.15, 0.2) is 29.3 Å². The van der Waals surface area contributed by atoms with E-state index in [0.717, 1.165) is 44.9 Å². The fourth-order valence-corrected chi connectivity index (χ4v) is 3.01. The average Bonchev–Trinajstić information content (AvgIpc) is 3.01. The molecule has 1 aliphatic heterocycles. The second kappa shape index (κ2) is 8.89. The maximum absolute atomic E-state index is 9.28. The third-order valence-electron chi connectivity index (χ3n) is 4.63. The molecular formula is C18H29N3O2. The topological polar surface area (TPSA) is 65.9 Å². The number of guanidine groups is 1. The summed E-state index contributed by atoms with van der Waals surface area (Å²) in [5.41, 5.74) is 2.71. The second-order valence-corrected chi connectivity index (χ2v) is 6.31. The molecule has 1 saturated heterocycles. The van der Waals surface area contributed by atoms with Crippen molar-refractivity contribution in [2.75, 3.05) is 40.0 Å². The first-order valence-electron chi connectivity index (χ1n) is 8.37. The highest BCUT2D eigenvalue weighted by atomic mass is 16.5. The van der Waals surface area contributed by atoms with E-state index >= 15 is 0 Å². The molecule has 1 unspecified atom stereocenters. The highest BCUT2D eigenvalue weighted by molar-refractivity contribution is 5.79. The Morgan fingerprint density at radius 3 is 2.83 bits per heavy atom. The standard InChI is InChI=1S/C18H29N3O2/c1-15-5-3-4-6-16(15)7-10-20-17(19-2)21-13-18(8-11-22)9-12-23-14-18/h3-6,22H,7-14H2,1-2H3,(H2,19,20,21). The van der Waals surface area contributed by atoms with Gasteiger partial charge in [-0.15, -0.1) is 0 Å². The zero-order valence-electron chi connectivity index (χ0n) is 14.3. The number of hydrogen-bond acceptors (Lipinski definition) is 3. The lowest BCUT2D eigenvalue weighted by Crippen LogP contribution is -2.45. The van der Waals surface area contributed by atoms with Crippen LogP contribution in [0.4, 0.5) is 0 Å². The van der Waals surface area contributed by atoms with E-state index in [9.17, 15) is 5.11 Å². The lowest BCUT2D eigenvalue weighted by atomic mass is 9.84. The van der Waals surface area contributed by atoms with Gasteiger partial charge in [-0.3, -0.25) is 4.99 Å². The van der Waals surface area contributed by atoms with Crippen molar-refractivity contribution in [3.8, 4) is 0 Å². The maximum Gasteiger partial charge on any atom is 0.191 e. The number of aliphatic imine (C=N–C) groups is 1. The molecule has 1 heterocycles. The van der Waals surface area contributed by atoms with E-state index in [2.05, 4.69) is 46.8 Å². The number of benzene rings is 1. The van der Waals surface area contributed by atoms with Crippen LogP contribution in [0.2, 0.25) is 0 Å². The number of ether oxygens (including phenoxy) is 1. The summed E-state index contributed by atoms with van der Waals surface area (Å²) in [5, 5.41) is 16.0. The Labute approximate surface area is 139 Å². The van der Waals surface area contributed by atoms with E-state index in [4.69, 9.17) is 4.74 Å². The Kier molecular flexibility index (Phi) is 6.86. The van der Waals surface area contributed by atoms with Gasteiger partial charge in [-0.25, -0.2) is 0 Å². The average molecular weight is 319 g/mol. The monoisotopic (exact) mass is 319 g/mol. The molecule has 128 valence electrons. The van der Waals surface area contributed by atoms with Crippen molar-refractivity contribution in [2.24, 2.45) is 10.4 Å². The Bertz CT molecular complexity index is 511. The molecule has 1 aromatic carbocycles. The molecule has 1 aromatic rings. The first kappa shape index (κ1) is 17.8. The summed E-state index contributed by atoms with van der Waals surface area (Å²) >= 11 is 0. The molecule has 0 radical (unpaired) electrons. The summed E-state index contributed by atoms with van der Waals surface area (Å²) in [6.45, 7) is 5.44. The Morgan fingerprint density at radius 1 is 1.35 bits per heavy atom. The second-order valence-electron chi connectivity index (χ2n) is 6.31. The Balaban J connectivity index is 1.78. The molecule has 23 heavy (non-hydrogen) atoms. The third kappa shape index (κ3) is 5.22. The summed E-state index contributed by atoms with van der Waals surface area (Å²) in [4.78, 5) is 4.28. The molecule has 0 aromatic heterocycles. The zero-order valence-corrected chi connectivity index (χ0v) is 14.3. The lowest BCUT2D eigenvalue weighted by molar-refractivity contribution is 0.127. The van der Waals surface area contributed by atoms with E-state index in [-0.39, 0.29) is 12.0 Å². The lowest BCUT2D eigenvalue weighted by Gasteiger charge is -2.27. The fraction of sp³-hybridized carbons (Fsp3) is 0.611. The van der Waals surface area contributed by atoms with Crippen molar-refractivity contribution < 1.29 is 9.84 Å². The SMILES string of the molecule is CN=C(NCCc1ccccc1C)NCC1(CCO)CCOC1. The highest BCUT2D eigenvalue weighted by Gasteiger charge is 2.34. The third-order valence-corrected chi connectivity index (χ3v) is 4.63. The van der Waals surface area contributed by atoms with E-state index in [1.54, 1.807) is 7.05 Å². The number of hydrogen-bond donors (Lipinski definition) is 3. The maximum atomic E-state index is 9.28. The minimum atomic E-state index is 0.0301. The smallest absolute Gasteiger partial charge is 0.191 e. The van der Waals surface area contributed by atoms with Crippen molar-refractivity contribution >= 4 is 5.96 Å². The number of aryl methyl sites for hydroxylation is 1. The van der Waals surface area contributed by atoms with E-state index < -0.39 is 0 Å². The molecule has 0 bridgehead atoms. The van der Waals surface area contributed by atoms with E-state index in [0.29, 0.717) is 6.61 Å². The zero-order chi connectivity index (χ0) is 16.5. The van der Waals surface area contributed by atoms with Crippen molar-refractivity contribution in [1.82, 2.24) is 10.6 Å². The summed E-state index contributed by atoms with van der Waals surface area (Å²) in [6.07, 6.45) is 2.72. The molecule has 1 atom stereocenters. The Morgan fingerprint density at radius 2 is 2.17 bits per heavy atom. The molecule has 0 amide bonds. The van der Waals surface area contributed by atoms with Crippen LogP contribution in [-0.4, -0.2) is 51.0 Å². The van der Waals surface area contributed by atoms with Crippen LogP contribution in [0, 0.1) is 12.3 Å². The van der Waals surface area contributed by atoms with Crippen LogP contribution in [-0.2, 0) is 11.2 Å². The van der Waals surface area contributed by atoms with Gasteiger partial charge in [0.05, 0.1) is 6.61 Å². The predicted octanol–water partition coefficient (Wildman–Crippen LogP) is 1.49. The van der Waals surface area contributed by atoms with E-state index in [1.807, 2.05) is 0 Å². The summed E-state index contributed by atoms with van der Waals surface area (Å²) in [7, 11) is 1.78. The van der Waals surface area contributed by atoms with Gasteiger partial charge in [0.2, 0.25) is 0 Å². The molecule has 1 aliphatic rings. The first-order valence-corrected chi connectivity index (χ1v) is 8.37. The molecule has 5 nitrogen and oxygen atoms in total. The number of aliphatic hydroxyl groups is 1. The highest BCUT2D eigenvalue weighted by Crippen LogP contribution is 2.31. The van der Waals surface area contributed by atoms with Gasteiger partial charge in [-0.1, -0.05) is 24.3 Å². The minimum Gasteiger partial charge on any atom is -0.396 e. The van der Waals surface area contributed by atoms with Crippen LogP contribution in [0.1, 0.15) is 24.0 Å². The fourth-order valence-electron chi connectivity index (χ4n) is 3.01. The molecule has 0 spiro atoms. The molecule has 3 N–H and O–H groups in total. The van der Waals surface area contributed by atoms with Gasteiger partial charge in [0.1, 0.15) is 0 Å². The quantitative estimate of drug-likeness (QED) is 0.526. The molecule has 2 rings (SSSR count). The normalized spacial score (nSPS) is 21.4. The minimum absolute atomic E-state index is 0.0301. The van der Waals surface area contributed by atoms with Crippen LogP contribution in [0.5, 0.6) is 0 Å². The van der Waals surface area contributed by atoms with E-state index in [1.165, 1.54) is 11.1 Å². The van der Waals surface area contributed by atoms with Crippen LogP contribution >= 0.6 is 0 Å². The summed E-state index contributed by atoms with van der Waals surface area (Å²) in [6, 6.07) is 8.45. The largest absolute Gasteiger partial charge is 0.396 e. The van der Waals surface area contributed by atoms with Gasteiger partial charge in [0.15, 0.2) is 5.96 Å². The first-order chi connectivity index (χ1) is 11.2. The van der Waals surface area contributed by atoms with Crippen LogP contribution in [0.3, 0.4) is 0 Å². The number of aliphatic hydroxyl groups excluding tert-OH is 1. The van der Waals surface area contributed by atoms with Crippen molar-refractivity contribution in [3.63, 3.8) is 0 Å². The van der Waals surface area contributed by atoms with Crippen LogP contribution in [0.25, 0.3) is 0 Å². The predicted molar refractivity (Wildman–Crippen MR) is 93.8 cm³/mol. The summed E-state index contributed by atoms with van der Waals surface area (Å²) < 4.78 is 5.52. The van der Waals surface area contributed by atoms with Gasteiger partial charge >= 0.3 is 0 Å². The summed E-state index contributed by atoms with van der Waals surface area (Å²) in [5.74, 6) is 0.808. The molecule has 0 aliphatic carbocycles.